The fourth-order valence-corrected chi connectivity index (χ4v) is 3.32. The van der Waals surface area contributed by atoms with Crippen LogP contribution < -0.4 is 0 Å². The van der Waals surface area contributed by atoms with Crippen molar-refractivity contribution in [2.75, 3.05) is 0 Å². The Morgan fingerprint density at radius 1 is 1.39 bits per heavy atom. The lowest BCUT2D eigenvalue weighted by atomic mass is 9.66. The number of hydrogen-bond donors (Lipinski definition) is 2. The van der Waals surface area contributed by atoms with Crippen LogP contribution in [0.5, 0.6) is 0 Å². The van der Waals surface area contributed by atoms with Gasteiger partial charge in [-0.3, -0.25) is 0 Å². The van der Waals surface area contributed by atoms with Crippen LogP contribution in [0.4, 0.5) is 4.79 Å². The normalized spacial score (nSPS) is 44.9. The van der Waals surface area contributed by atoms with E-state index in [9.17, 15) is 15.0 Å². The maximum atomic E-state index is 11.1. The van der Waals surface area contributed by atoms with Crippen LogP contribution in [-0.4, -0.2) is 28.4 Å². The van der Waals surface area contributed by atoms with Crippen LogP contribution in [0.15, 0.2) is 0 Å². The molecule has 0 aromatic carbocycles. The molecule has 5 heteroatoms. The fourth-order valence-electron chi connectivity index (χ4n) is 3.32. The summed E-state index contributed by atoms with van der Waals surface area (Å²) in [6.07, 6.45) is 0.219. The lowest BCUT2D eigenvalue weighted by molar-refractivity contribution is -0.271. The van der Waals surface area contributed by atoms with E-state index < -0.39 is 18.2 Å². The van der Waals surface area contributed by atoms with E-state index in [4.69, 9.17) is 4.74 Å². The van der Waals surface area contributed by atoms with Crippen LogP contribution in [-0.2, 0) is 9.47 Å². The highest BCUT2D eigenvalue weighted by atomic mass is 16.9. The molecule has 5 nitrogen and oxygen atoms in total. The Hall–Kier alpha value is -0.810. The summed E-state index contributed by atoms with van der Waals surface area (Å²) in [4.78, 5) is 11.1. The van der Waals surface area contributed by atoms with Crippen LogP contribution in [0.3, 0.4) is 0 Å². The molecule has 2 unspecified atom stereocenters. The van der Waals surface area contributed by atoms with Gasteiger partial charge in [0.15, 0.2) is 0 Å². The zero-order valence-electron chi connectivity index (χ0n) is 11.1. The van der Waals surface area contributed by atoms with Crippen LogP contribution in [0.25, 0.3) is 0 Å². The second-order valence-electron chi connectivity index (χ2n) is 6.01. The van der Waals surface area contributed by atoms with Crippen LogP contribution >= 0.6 is 0 Å². The molecule has 18 heavy (non-hydrogen) atoms. The van der Waals surface area contributed by atoms with Gasteiger partial charge in [0, 0.05) is 5.92 Å². The molecule has 2 aliphatic rings. The molecule has 2 rings (SSSR count). The van der Waals surface area contributed by atoms with Crippen molar-refractivity contribution >= 4 is 6.16 Å². The molecular weight excluding hydrogens is 236 g/mol. The Morgan fingerprint density at radius 2 is 2.06 bits per heavy atom. The van der Waals surface area contributed by atoms with Gasteiger partial charge in [0.2, 0.25) is 0 Å². The topological polar surface area (TPSA) is 76.0 Å². The zero-order valence-corrected chi connectivity index (χ0v) is 11.1. The number of cyclic esters (lactones) is 2. The smallest absolute Gasteiger partial charge is 0.397 e. The number of carbonyl (C=O) groups is 1. The summed E-state index contributed by atoms with van der Waals surface area (Å²) >= 11 is 0. The molecular formula is C13H22O5. The number of aliphatic hydroxyl groups is 2. The third kappa shape index (κ3) is 2.21. The minimum Gasteiger partial charge on any atom is -0.397 e. The molecule has 1 heterocycles. The molecule has 1 aliphatic carbocycles. The Morgan fingerprint density at radius 3 is 2.56 bits per heavy atom. The second kappa shape index (κ2) is 4.70. The van der Waals surface area contributed by atoms with Crippen molar-refractivity contribution in [3.8, 4) is 0 Å². The quantitative estimate of drug-likeness (QED) is 0.739. The van der Waals surface area contributed by atoms with E-state index in [1.165, 1.54) is 0 Å². The Balaban J connectivity index is 2.24. The number of rotatable bonds is 2. The molecule has 0 bridgehead atoms. The molecule has 2 fully saturated rings. The van der Waals surface area contributed by atoms with Gasteiger partial charge in [0.25, 0.3) is 12.1 Å². The maximum absolute atomic E-state index is 11.1. The summed E-state index contributed by atoms with van der Waals surface area (Å²) in [5.41, 5.74) is 0. The molecule has 5 atom stereocenters. The van der Waals surface area contributed by atoms with E-state index >= 15 is 0 Å². The van der Waals surface area contributed by atoms with Gasteiger partial charge in [0.05, 0.1) is 0 Å². The minimum absolute atomic E-state index is 0.218. The van der Waals surface area contributed by atoms with E-state index in [2.05, 4.69) is 25.5 Å². The molecule has 0 spiro atoms. The predicted molar refractivity (Wildman–Crippen MR) is 63.4 cm³/mol. The van der Waals surface area contributed by atoms with Crippen LogP contribution in [0.2, 0.25) is 0 Å². The fraction of sp³-hybridized carbons (Fsp3) is 0.923. The number of hydrogen-bond acceptors (Lipinski definition) is 5. The van der Waals surface area contributed by atoms with E-state index in [0.29, 0.717) is 11.8 Å². The highest BCUT2D eigenvalue weighted by molar-refractivity contribution is 5.62. The van der Waals surface area contributed by atoms with E-state index in [1.54, 1.807) is 0 Å². The summed E-state index contributed by atoms with van der Waals surface area (Å²) < 4.78 is 9.41. The third-order valence-corrected chi connectivity index (χ3v) is 4.36. The number of ether oxygens (including phenoxy) is 2. The molecule has 1 saturated heterocycles. The van der Waals surface area contributed by atoms with Crippen molar-refractivity contribution in [2.45, 2.75) is 52.1 Å². The predicted octanol–water partition coefficient (Wildman–Crippen LogP) is 1.87. The van der Waals surface area contributed by atoms with Gasteiger partial charge in [-0.25, -0.2) is 4.79 Å². The van der Waals surface area contributed by atoms with Crippen molar-refractivity contribution < 1.29 is 24.5 Å². The molecule has 0 aromatic heterocycles. The first kappa shape index (κ1) is 13.6. The van der Waals surface area contributed by atoms with Gasteiger partial charge in [0.1, 0.15) is 0 Å². The van der Waals surface area contributed by atoms with Crippen molar-refractivity contribution in [1.82, 2.24) is 0 Å². The summed E-state index contributed by atoms with van der Waals surface area (Å²) in [5, 5.41) is 20.2. The molecule has 0 aromatic rings. The van der Waals surface area contributed by atoms with E-state index in [0.717, 1.165) is 19.3 Å². The van der Waals surface area contributed by atoms with Gasteiger partial charge in [-0.2, -0.15) is 0 Å². The Bertz CT molecular complexity index is 329. The first-order valence-corrected chi connectivity index (χ1v) is 6.64. The largest absolute Gasteiger partial charge is 0.513 e. The average Bonchev–Trinajstić information content (AvgIpc) is 2.53. The lowest BCUT2D eigenvalue weighted by Crippen LogP contribution is -2.52. The molecule has 0 radical (unpaired) electrons. The molecule has 104 valence electrons. The van der Waals surface area contributed by atoms with Gasteiger partial charge in [-0.15, -0.1) is 0 Å². The lowest BCUT2D eigenvalue weighted by Gasteiger charge is -2.43. The van der Waals surface area contributed by atoms with Crippen LogP contribution in [0.1, 0.15) is 40.0 Å². The maximum Gasteiger partial charge on any atom is 0.513 e. The van der Waals surface area contributed by atoms with Crippen LogP contribution in [0, 0.1) is 23.7 Å². The van der Waals surface area contributed by atoms with Gasteiger partial charge < -0.3 is 19.7 Å². The highest BCUT2D eigenvalue weighted by Crippen LogP contribution is 2.46. The monoisotopic (exact) mass is 258 g/mol. The molecule has 2 N–H and O–H groups in total. The average molecular weight is 258 g/mol. The Labute approximate surface area is 107 Å². The SMILES string of the molecule is CC(C)[C@H]1CC[C@H](C)C[C@@H]1C1(O)OC(=O)OC1O. The molecule has 1 saturated carbocycles. The summed E-state index contributed by atoms with van der Waals surface area (Å²) in [7, 11) is 0. The standard InChI is InChI=1S/C13H22O5/c1-7(2)9-5-4-8(3)6-10(9)13(16)11(14)17-12(15)18-13/h7-11,14,16H,4-6H2,1-3H3/t8-,9+,10-,11?,13?/m0/s1. The van der Waals surface area contributed by atoms with Gasteiger partial charge >= 0.3 is 6.16 Å². The number of carbonyl (C=O) groups excluding carboxylic acids is 1. The highest BCUT2D eigenvalue weighted by Gasteiger charge is 2.58. The third-order valence-electron chi connectivity index (χ3n) is 4.36. The van der Waals surface area contributed by atoms with Gasteiger partial charge in [-0.05, 0) is 30.6 Å². The molecule has 1 aliphatic heterocycles. The summed E-state index contributed by atoms with van der Waals surface area (Å²) in [6, 6.07) is 0. The minimum atomic E-state index is -1.89. The first-order chi connectivity index (χ1) is 8.34. The van der Waals surface area contributed by atoms with Crippen molar-refractivity contribution in [2.24, 2.45) is 23.7 Å². The van der Waals surface area contributed by atoms with Crippen molar-refractivity contribution in [3.63, 3.8) is 0 Å². The zero-order chi connectivity index (χ0) is 13.5. The van der Waals surface area contributed by atoms with E-state index in [1.807, 2.05) is 0 Å². The Kier molecular flexibility index (Phi) is 3.56. The van der Waals surface area contributed by atoms with E-state index in [-0.39, 0.29) is 11.8 Å². The van der Waals surface area contributed by atoms with Crippen molar-refractivity contribution in [1.29, 1.82) is 0 Å². The van der Waals surface area contributed by atoms with Crippen molar-refractivity contribution in [3.05, 3.63) is 0 Å². The summed E-state index contributed by atoms with van der Waals surface area (Å²) in [6.45, 7) is 6.28. The van der Waals surface area contributed by atoms with Gasteiger partial charge in [-0.1, -0.05) is 27.2 Å². The molecule has 0 amide bonds. The second-order valence-corrected chi connectivity index (χ2v) is 6.01. The first-order valence-electron chi connectivity index (χ1n) is 6.64. The summed E-state index contributed by atoms with van der Waals surface area (Å²) in [5.74, 6) is -1.14. The number of aliphatic hydroxyl groups excluding tert-OH is 1.